The van der Waals surface area contributed by atoms with E-state index in [0.717, 1.165) is 0 Å². The third kappa shape index (κ3) is 2.45. The molecule has 1 aromatic carbocycles. The number of ether oxygens (including phenoxy) is 1. The highest BCUT2D eigenvalue weighted by Gasteiger charge is 2.22. The lowest BCUT2D eigenvalue weighted by atomic mass is 10.0. The van der Waals surface area contributed by atoms with Gasteiger partial charge >= 0.3 is 0 Å². The Morgan fingerprint density at radius 1 is 1.62 bits per heavy atom. The van der Waals surface area contributed by atoms with E-state index >= 15 is 0 Å². The Bertz CT molecular complexity index is 385. The van der Waals surface area contributed by atoms with Crippen LogP contribution in [0.5, 0.6) is 5.75 Å². The zero-order valence-electron chi connectivity index (χ0n) is 9.47. The van der Waals surface area contributed by atoms with Crippen molar-refractivity contribution >= 4 is 11.6 Å². The van der Waals surface area contributed by atoms with Crippen molar-refractivity contribution in [3.05, 3.63) is 28.0 Å². The molecule has 5 heteroatoms. The lowest BCUT2D eigenvalue weighted by Crippen LogP contribution is -2.19. The third-order valence-corrected chi connectivity index (χ3v) is 2.60. The van der Waals surface area contributed by atoms with E-state index in [9.17, 15) is 9.50 Å². The number of benzene rings is 1. The predicted molar refractivity (Wildman–Crippen MR) is 61.6 cm³/mol. The molecule has 1 aromatic rings. The smallest absolute Gasteiger partial charge is 0.151 e. The van der Waals surface area contributed by atoms with Crippen LogP contribution in [0.4, 0.5) is 4.39 Å². The molecular weight excluding hydrogens is 233 g/mol. The van der Waals surface area contributed by atoms with E-state index in [1.807, 2.05) is 0 Å². The first-order valence-electron chi connectivity index (χ1n) is 4.88. The van der Waals surface area contributed by atoms with Crippen molar-refractivity contribution in [2.75, 3.05) is 20.7 Å². The van der Waals surface area contributed by atoms with Crippen LogP contribution >= 0.6 is 11.6 Å². The van der Waals surface area contributed by atoms with Gasteiger partial charge in [0.1, 0.15) is 5.75 Å². The lowest BCUT2D eigenvalue weighted by molar-refractivity contribution is 0.168. The fourth-order valence-electron chi connectivity index (χ4n) is 1.62. The Kier molecular flexibility index (Phi) is 4.53. The van der Waals surface area contributed by atoms with Gasteiger partial charge in [0, 0.05) is 6.54 Å². The number of rotatable bonds is 4. The number of aryl methyl sites for hydroxylation is 1. The number of halogens is 2. The van der Waals surface area contributed by atoms with Gasteiger partial charge in [0.05, 0.1) is 23.8 Å². The summed E-state index contributed by atoms with van der Waals surface area (Å²) >= 11 is 5.73. The maximum Gasteiger partial charge on any atom is 0.151 e. The normalized spacial score (nSPS) is 12.6. The van der Waals surface area contributed by atoms with Crippen LogP contribution in [0.1, 0.15) is 17.2 Å². The molecule has 90 valence electrons. The van der Waals surface area contributed by atoms with Crippen molar-refractivity contribution in [2.24, 2.45) is 0 Å². The maximum atomic E-state index is 13.8. The van der Waals surface area contributed by atoms with E-state index in [2.05, 4.69) is 5.32 Å². The van der Waals surface area contributed by atoms with Crippen LogP contribution in [0.3, 0.4) is 0 Å². The molecule has 0 bridgehead atoms. The van der Waals surface area contributed by atoms with Gasteiger partial charge in [-0.2, -0.15) is 0 Å². The minimum atomic E-state index is -0.989. The average molecular weight is 248 g/mol. The average Bonchev–Trinajstić information content (AvgIpc) is 2.23. The highest BCUT2D eigenvalue weighted by Crippen LogP contribution is 2.35. The highest BCUT2D eigenvalue weighted by atomic mass is 35.5. The van der Waals surface area contributed by atoms with Crippen LogP contribution < -0.4 is 10.1 Å². The van der Waals surface area contributed by atoms with Gasteiger partial charge in [0.2, 0.25) is 0 Å². The lowest BCUT2D eigenvalue weighted by Gasteiger charge is -2.18. The monoisotopic (exact) mass is 247 g/mol. The first-order valence-corrected chi connectivity index (χ1v) is 5.25. The first kappa shape index (κ1) is 13.2. The molecule has 1 rings (SSSR count). The van der Waals surface area contributed by atoms with Crippen LogP contribution in [0.15, 0.2) is 6.07 Å². The van der Waals surface area contributed by atoms with E-state index in [4.69, 9.17) is 16.3 Å². The van der Waals surface area contributed by atoms with Crippen molar-refractivity contribution in [1.29, 1.82) is 0 Å². The molecule has 0 heterocycles. The van der Waals surface area contributed by atoms with Gasteiger partial charge in [-0.25, -0.2) is 4.39 Å². The van der Waals surface area contributed by atoms with E-state index in [0.29, 0.717) is 11.3 Å². The van der Waals surface area contributed by atoms with Gasteiger partial charge in [-0.1, -0.05) is 11.6 Å². The van der Waals surface area contributed by atoms with Gasteiger partial charge < -0.3 is 15.2 Å². The number of hydrogen-bond acceptors (Lipinski definition) is 3. The molecule has 0 amide bonds. The van der Waals surface area contributed by atoms with Crippen molar-refractivity contribution in [3.8, 4) is 5.75 Å². The molecule has 3 nitrogen and oxygen atoms in total. The Balaban J connectivity index is 3.32. The zero-order chi connectivity index (χ0) is 12.3. The molecule has 2 N–H and O–H groups in total. The second kappa shape index (κ2) is 5.48. The Morgan fingerprint density at radius 2 is 2.25 bits per heavy atom. The molecule has 0 saturated carbocycles. The second-order valence-electron chi connectivity index (χ2n) is 3.51. The van der Waals surface area contributed by atoms with Gasteiger partial charge in [-0.15, -0.1) is 0 Å². The summed E-state index contributed by atoms with van der Waals surface area (Å²) in [5.74, 6) is -0.295. The standard InChI is InChI=1S/C11H15ClFNO2/c1-6-4-7(12)10(13)9(11(6)16-3)8(15)5-14-2/h4,8,14-15H,5H2,1-3H3. The van der Waals surface area contributed by atoms with Gasteiger partial charge in [0.25, 0.3) is 0 Å². The molecule has 0 radical (unpaired) electrons. The van der Waals surface area contributed by atoms with E-state index in [1.165, 1.54) is 13.2 Å². The number of aliphatic hydroxyl groups excluding tert-OH is 1. The predicted octanol–water partition coefficient (Wildman–Crippen LogP) is 2.05. The molecular formula is C11H15ClFNO2. The molecule has 1 atom stereocenters. The fourth-order valence-corrected chi connectivity index (χ4v) is 1.89. The van der Waals surface area contributed by atoms with Crippen LogP contribution in [-0.2, 0) is 0 Å². The molecule has 1 unspecified atom stereocenters. The number of likely N-dealkylation sites (N-methyl/N-ethyl adjacent to an activating group) is 1. The summed E-state index contributed by atoms with van der Waals surface area (Å²) in [6.07, 6.45) is -0.989. The summed E-state index contributed by atoms with van der Waals surface area (Å²) in [5, 5.41) is 12.6. The number of methoxy groups -OCH3 is 1. The molecule has 0 aliphatic rings. The summed E-state index contributed by atoms with van der Waals surface area (Å²) in [6.45, 7) is 1.98. The topological polar surface area (TPSA) is 41.5 Å². The van der Waals surface area contributed by atoms with Crippen LogP contribution in [0.2, 0.25) is 5.02 Å². The molecule has 0 spiro atoms. The largest absolute Gasteiger partial charge is 0.496 e. The number of hydrogen-bond donors (Lipinski definition) is 2. The van der Waals surface area contributed by atoms with Gasteiger partial charge in [0.15, 0.2) is 5.82 Å². The first-order chi connectivity index (χ1) is 7.52. The molecule has 0 aliphatic heterocycles. The summed E-state index contributed by atoms with van der Waals surface area (Å²) in [6, 6.07) is 1.48. The fraction of sp³-hybridized carbons (Fsp3) is 0.455. The Labute approximate surface area is 99.2 Å². The van der Waals surface area contributed by atoms with E-state index < -0.39 is 11.9 Å². The summed E-state index contributed by atoms with van der Waals surface area (Å²) < 4.78 is 18.9. The Hall–Kier alpha value is -0.840. The van der Waals surface area contributed by atoms with Crippen molar-refractivity contribution in [1.82, 2.24) is 5.32 Å². The molecule has 16 heavy (non-hydrogen) atoms. The third-order valence-electron chi connectivity index (χ3n) is 2.33. The van der Waals surface area contributed by atoms with Crippen LogP contribution in [0.25, 0.3) is 0 Å². The summed E-state index contributed by atoms with van der Waals surface area (Å²) in [4.78, 5) is 0. The minimum absolute atomic E-state index is 0.0107. The zero-order valence-corrected chi connectivity index (χ0v) is 10.2. The Morgan fingerprint density at radius 3 is 2.75 bits per heavy atom. The molecule has 0 aliphatic carbocycles. The quantitative estimate of drug-likeness (QED) is 0.856. The van der Waals surface area contributed by atoms with Gasteiger partial charge in [-0.05, 0) is 25.6 Å². The maximum absolute atomic E-state index is 13.8. The van der Waals surface area contributed by atoms with Crippen molar-refractivity contribution in [2.45, 2.75) is 13.0 Å². The van der Waals surface area contributed by atoms with Gasteiger partial charge in [-0.3, -0.25) is 0 Å². The van der Waals surface area contributed by atoms with Crippen LogP contribution in [0, 0.1) is 12.7 Å². The molecule has 0 saturated heterocycles. The minimum Gasteiger partial charge on any atom is -0.496 e. The highest BCUT2D eigenvalue weighted by molar-refractivity contribution is 6.31. The van der Waals surface area contributed by atoms with Crippen molar-refractivity contribution in [3.63, 3.8) is 0 Å². The number of nitrogens with one attached hydrogen (secondary N) is 1. The second-order valence-corrected chi connectivity index (χ2v) is 3.92. The van der Waals surface area contributed by atoms with Crippen molar-refractivity contribution < 1.29 is 14.2 Å². The van der Waals surface area contributed by atoms with E-state index in [1.54, 1.807) is 14.0 Å². The van der Waals surface area contributed by atoms with Crippen LogP contribution in [-0.4, -0.2) is 25.8 Å². The molecule has 0 fully saturated rings. The van der Waals surface area contributed by atoms with E-state index in [-0.39, 0.29) is 17.1 Å². The summed E-state index contributed by atoms with van der Waals surface area (Å²) in [5.41, 5.74) is 0.793. The summed E-state index contributed by atoms with van der Waals surface area (Å²) in [7, 11) is 3.11. The molecule has 0 aromatic heterocycles. The SMILES string of the molecule is CNCC(O)c1c(F)c(Cl)cc(C)c1OC. The number of aliphatic hydroxyl groups is 1.